The van der Waals surface area contributed by atoms with E-state index in [2.05, 4.69) is 16.8 Å². The first-order valence-electron chi connectivity index (χ1n) is 6.96. The zero-order valence-corrected chi connectivity index (χ0v) is 12.9. The number of nitrogens with zero attached hydrogens (tertiary/aromatic N) is 2. The van der Waals surface area contributed by atoms with Crippen molar-refractivity contribution >= 4 is 22.9 Å². The Labute approximate surface area is 125 Å². The van der Waals surface area contributed by atoms with Gasteiger partial charge in [0, 0.05) is 24.8 Å². The number of benzene rings is 1. The molecule has 1 aromatic carbocycles. The van der Waals surface area contributed by atoms with Gasteiger partial charge in [-0.3, -0.25) is 0 Å². The summed E-state index contributed by atoms with van der Waals surface area (Å²) in [5.74, 6) is 0.365. The molecule has 1 aliphatic heterocycles. The summed E-state index contributed by atoms with van der Waals surface area (Å²) in [4.78, 5) is 4.74. The van der Waals surface area contributed by atoms with Gasteiger partial charge in [-0.1, -0.05) is 12.2 Å². The van der Waals surface area contributed by atoms with Crippen LogP contribution in [0, 0.1) is 11.7 Å². The lowest BCUT2D eigenvalue weighted by Gasteiger charge is -2.33. The van der Waals surface area contributed by atoms with Crippen LogP contribution in [0.2, 0.25) is 0 Å². The van der Waals surface area contributed by atoms with Gasteiger partial charge in [0.25, 0.3) is 0 Å². The van der Waals surface area contributed by atoms with Gasteiger partial charge in [0.15, 0.2) is 0 Å². The molecule has 20 heavy (non-hydrogen) atoms. The second kappa shape index (κ2) is 6.50. The molecule has 1 fully saturated rings. The van der Waals surface area contributed by atoms with Gasteiger partial charge < -0.3 is 15.5 Å². The Morgan fingerprint density at radius 3 is 2.70 bits per heavy atom. The Balaban J connectivity index is 2.09. The van der Waals surface area contributed by atoms with E-state index >= 15 is 0 Å². The molecule has 1 heterocycles. The molecule has 0 unspecified atom stereocenters. The fourth-order valence-corrected chi connectivity index (χ4v) is 2.93. The highest BCUT2D eigenvalue weighted by molar-refractivity contribution is 7.80. The maximum atomic E-state index is 13.3. The highest BCUT2D eigenvalue weighted by Gasteiger charge is 2.19. The van der Waals surface area contributed by atoms with Crippen molar-refractivity contribution < 1.29 is 4.39 Å². The Bertz CT molecular complexity index is 484. The van der Waals surface area contributed by atoms with E-state index < -0.39 is 0 Å². The van der Waals surface area contributed by atoms with E-state index in [1.165, 1.54) is 25.0 Å². The SMILES string of the molecule is CN1CCC(CN(C)c2ccc(F)cc2C(N)=S)CC1. The van der Waals surface area contributed by atoms with Crippen LogP contribution in [0.3, 0.4) is 0 Å². The highest BCUT2D eigenvalue weighted by Crippen LogP contribution is 2.24. The van der Waals surface area contributed by atoms with Crippen LogP contribution < -0.4 is 10.6 Å². The molecule has 0 saturated carbocycles. The lowest BCUT2D eigenvalue weighted by molar-refractivity contribution is 0.222. The Hall–Kier alpha value is -1.20. The van der Waals surface area contributed by atoms with Crippen molar-refractivity contribution in [3.05, 3.63) is 29.6 Å². The zero-order valence-electron chi connectivity index (χ0n) is 12.1. The van der Waals surface area contributed by atoms with Gasteiger partial charge in [0.1, 0.15) is 10.8 Å². The first-order chi connectivity index (χ1) is 9.47. The molecule has 0 aliphatic carbocycles. The maximum Gasteiger partial charge on any atom is 0.124 e. The number of rotatable bonds is 4. The number of anilines is 1. The summed E-state index contributed by atoms with van der Waals surface area (Å²) < 4.78 is 13.3. The van der Waals surface area contributed by atoms with E-state index in [0.717, 1.165) is 25.3 Å². The van der Waals surface area contributed by atoms with Crippen LogP contribution in [-0.4, -0.2) is 43.6 Å². The second-order valence-electron chi connectivity index (χ2n) is 5.65. The summed E-state index contributed by atoms with van der Waals surface area (Å²) in [5, 5.41) is 0. The van der Waals surface area contributed by atoms with Gasteiger partial charge in [0.2, 0.25) is 0 Å². The molecule has 1 saturated heterocycles. The summed E-state index contributed by atoms with van der Waals surface area (Å²) in [5.41, 5.74) is 7.24. The third-order valence-electron chi connectivity index (χ3n) is 4.01. The molecular weight excluding hydrogens is 273 g/mol. The molecule has 0 atom stereocenters. The minimum absolute atomic E-state index is 0.245. The van der Waals surface area contributed by atoms with E-state index in [0.29, 0.717) is 11.5 Å². The standard InChI is InChI=1S/C15H22FN3S/c1-18-7-5-11(6-8-18)10-19(2)14-4-3-12(16)9-13(14)15(17)20/h3-4,9,11H,5-8,10H2,1-2H3,(H2,17,20). The topological polar surface area (TPSA) is 32.5 Å². The number of hydrogen-bond donors (Lipinski definition) is 1. The van der Waals surface area contributed by atoms with E-state index in [9.17, 15) is 4.39 Å². The molecule has 2 rings (SSSR count). The van der Waals surface area contributed by atoms with Crippen LogP contribution in [0.25, 0.3) is 0 Å². The van der Waals surface area contributed by atoms with Crippen molar-refractivity contribution in [1.82, 2.24) is 4.90 Å². The van der Waals surface area contributed by atoms with Crippen LogP contribution >= 0.6 is 12.2 Å². The Morgan fingerprint density at radius 2 is 2.10 bits per heavy atom. The van der Waals surface area contributed by atoms with Crippen molar-refractivity contribution in [2.45, 2.75) is 12.8 Å². The number of halogens is 1. The van der Waals surface area contributed by atoms with E-state index in [1.807, 2.05) is 7.05 Å². The van der Waals surface area contributed by atoms with Gasteiger partial charge >= 0.3 is 0 Å². The number of hydrogen-bond acceptors (Lipinski definition) is 3. The first kappa shape index (κ1) is 15.2. The molecule has 3 nitrogen and oxygen atoms in total. The Morgan fingerprint density at radius 1 is 1.45 bits per heavy atom. The predicted molar refractivity (Wildman–Crippen MR) is 85.8 cm³/mol. The lowest BCUT2D eigenvalue weighted by atomic mass is 9.96. The zero-order chi connectivity index (χ0) is 14.7. The maximum absolute atomic E-state index is 13.3. The van der Waals surface area contributed by atoms with Crippen LogP contribution in [0.5, 0.6) is 0 Å². The number of piperidine rings is 1. The van der Waals surface area contributed by atoms with Gasteiger partial charge in [0.05, 0.1) is 0 Å². The third kappa shape index (κ3) is 3.67. The lowest BCUT2D eigenvalue weighted by Crippen LogP contribution is -2.36. The van der Waals surface area contributed by atoms with Gasteiger partial charge in [-0.05, 0) is 57.1 Å². The van der Waals surface area contributed by atoms with Crippen molar-refractivity contribution in [1.29, 1.82) is 0 Å². The number of thiocarbonyl (C=S) groups is 1. The summed E-state index contributed by atoms with van der Waals surface area (Å²) >= 11 is 5.03. The summed E-state index contributed by atoms with van der Waals surface area (Å²) in [6.45, 7) is 3.24. The smallest absolute Gasteiger partial charge is 0.124 e. The fourth-order valence-electron chi connectivity index (χ4n) is 2.77. The second-order valence-corrected chi connectivity index (χ2v) is 6.09. The highest BCUT2D eigenvalue weighted by atomic mass is 32.1. The van der Waals surface area contributed by atoms with Crippen molar-refractivity contribution in [3.63, 3.8) is 0 Å². The van der Waals surface area contributed by atoms with E-state index in [-0.39, 0.29) is 10.8 Å². The van der Waals surface area contributed by atoms with Crippen LogP contribution in [0.4, 0.5) is 10.1 Å². The largest absolute Gasteiger partial charge is 0.389 e. The molecule has 0 spiro atoms. The van der Waals surface area contributed by atoms with Gasteiger partial charge in [-0.15, -0.1) is 0 Å². The average Bonchev–Trinajstić information content (AvgIpc) is 2.41. The quantitative estimate of drug-likeness (QED) is 0.864. The average molecular weight is 295 g/mol. The first-order valence-corrected chi connectivity index (χ1v) is 7.37. The predicted octanol–water partition coefficient (Wildman–Crippen LogP) is 2.24. The molecule has 2 N–H and O–H groups in total. The van der Waals surface area contributed by atoms with Crippen molar-refractivity contribution in [2.24, 2.45) is 11.7 Å². The van der Waals surface area contributed by atoms with Crippen LogP contribution in [-0.2, 0) is 0 Å². The minimum Gasteiger partial charge on any atom is -0.389 e. The van der Waals surface area contributed by atoms with E-state index in [4.69, 9.17) is 18.0 Å². The molecule has 1 aromatic rings. The number of nitrogens with two attached hydrogens (primary N) is 1. The summed E-state index contributed by atoms with van der Waals surface area (Å²) in [6.07, 6.45) is 2.40. The number of likely N-dealkylation sites (tertiary alicyclic amines) is 1. The Kier molecular flexibility index (Phi) is 4.94. The molecule has 5 heteroatoms. The van der Waals surface area contributed by atoms with Crippen LogP contribution in [0.1, 0.15) is 18.4 Å². The minimum atomic E-state index is -0.302. The normalized spacial score (nSPS) is 17.1. The fraction of sp³-hybridized carbons (Fsp3) is 0.533. The van der Waals surface area contributed by atoms with Crippen molar-refractivity contribution in [2.75, 3.05) is 38.6 Å². The van der Waals surface area contributed by atoms with Gasteiger partial charge in [-0.25, -0.2) is 4.39 Å². The summed E-state index contributed by atoms with van der Waals surface area (Å²) in [6, 6.07) is 4.64. The van der Waals surface area contributed by atoms with Crippen molar-refractivity contribution in [3.8, 4) is 0 Å². The molecular formula is C15H22FN3S. The van der Waals surface area contributed by atoms with E-state index in [1.54, 1.807) is 6.07 Å². The molecule has 0 bridgehead atoms. The van der Waals surface area contributed by atoms with Crippen LogP contribution in [0.15, 0.2) is 18.2 Å². The molecule has 1 aliphatic rings. The monoisotopic (exact) mass is 295 g/mol. The molecule has 110 valence electrons. The summed E-state index contributed by atoms with van der Waals surface area (Å²) in [7, 11) is 4.18. The molecule has 0 amide bonds. The third-order valence-corrected chi connectivity index (χ3v) is 4.23. The molecule has 0 radical (unpaired) electrons. The van der Waals surface area contributed by atoms with Gasteiger partial charge in [-0.2, -0.15) is 0 Å². The molecule has 0 aromatic heterocycles.